The molecule has 7 heteroatoms. The number of H-pyrrole nitrogens is 1. The van der Waals surface area contributed by atoms with E-state index in [9.17, 15) is 18.0 Å². The number of carbonyl (C=O) groups is 1. The molecule has 1 atom stereocenters. The first-order valence-corrected chi connectivity index (χ1v) is 12.1. The average Bonchev–Trinajstić information content (AvgIpc) is 3.12. The first kappa shape index (κ1) is 23.0. The Kier molecular flexibility index (Phi) is 6.38. The summed E-state index contributed by atoms with van der Waals surface area (Å²) in [7, 11) is 2.10. The van der Waals surface area contributed by atoms with Gasteiger partial charge in [0, 0.05) is 31.0 Å². The van der Waals surface area contributed by atoms with Crippen molar-refractivity contribution in [3.63, 3.8) is 0 Å². The van der Waals surface area contributed by atoms with Gasteiger partial charge in [0.05, 0.1) is 11.2 Å². The summed E-state index contributed by atoms with van der Waals surface area (Å²) in [5.74, 6) is -0.642. The van der Waals surface area contributed by atoms with E-state index in [1.54, 1.807) is 12.1 Å². The highest BCUT2D eigenvalue weighted by Gasteiger charge is 2.35. The first-order valence-electron chi connectivity index (χ1n) is 12.1. The second kappa shape index (κ2) is 9.45. The topological polar surface area (TPSA) is 48.1 Å². The van der Waals surface area contributed by atoms with Crippen LogP contribution in [-0.2, 0) is 4.79 Å². The van der Waals surface area contributed by atoms with E-state index in [1.807, 2.05) is 0 Å². The Labute approximate surface area is 197 Å². The molecule has 2 aromatic carbocycles. The molecule has 5 rings (SSSR count). The van der Waals surface area contributed by atoms with Gasteiger partial charge in [0.25, 0.3) is 0 Å². The molecule has 2 fully saturated rings. The Morgan fingerprint density at radius 2 is 1.85 bits per heavy atom. The number of hydrogen-bond donors (Lipinski definition) is 2. The zero-order valence-corrected chi connectivity index (χ0v) is 19.3. The third-order valence-electron chi connectivity index (χ3n) is 7.43. The molecule has 1 saturated heterocycles. The summed E-state index contributed by atoms with van der Waals surface area (Å²) in [6.45, 7) is 2.69. The van der Waals surface area contributed by atoms with Crippen molar-refractivity contribution in [2.75, 3.05) is 26.7 Å². The molecule has 1 aliphatic carbocycles. The van der Waals surface area contributed by atoms with Gasteiger partial charge in [-0.05, 0) is 98.5 Å². The average molecular weight is 470 g/mol. The SMILES string of the molecule is CN1CCCC(CC(=O)NC[C@H]2C[C@@H](c3c(-c4ccc(F)cc4)[nH]c4c(F)cc(F)cc43)C2)C1. The highest BCUT2D eigenvalue weighted by molar-refractivity contribution is 5.92. The van der Waals surface area contributed by atoms with Gasteiger partial charge in [0.1, 0.15) is 17.5 Å². The van der Waals surface area contributed by atoms with Crippen LogP contribution in [0.4, 0.5) is 13.2 Å². The Balaban J connectivity index is 1.28. The van der Waals surface area contributed by atoms with E-state index in [0.717, 1.165) is 56.0 Å². The molecule has 0 spiro atoms. The molecule has 0 bridgehead atoms. The maximum Gasteiger partial charge on any atom is 0.220 e. The van der Waals surface area contributed by atoms with Crippen molar-refractivity contribution in [1.29, 1.82) is 0 Å². The molecule has 4 nitrogen and oxygen atoms in total. The van der Waals surface area contributed by atoms with E-state index >= 15 is 0 Å². The molecule has 2 heterocycles. The molecule has 1 aliphatic heterocycles. The standard InChI is InChI=1S/C27H30F3N3O/c1-33-8-2-3-16(15-33)11-24(34)31-14-17-9-19(10-17)25-22-12-21(29)13-23(30)27(22)32-26(25)18-4-6-20(28)7-5-18/h4-7,12-13,16-17,19,32H,2-3,8-11,14-15H2,1H3,(H,31,34)/t16?,17-,19+. The fraction of sp³-hybridized carbons (Fsp3) is 0.444. The van der Waals surface area contributed by atoms with Gasteiger partial charge in [-0.3, -0.25) is 4.79 Å². The third-order valence-corrected chi connectivity index (χ3v) is 7.43. The number of hydrogen-bond acceptors (Lipinski definition) is 2. The summed E-state index contributed by atoms with van der Waals surface area (Å²) in [5, 5.41) is 3.63. The van der Waals surface area contributed by atoms with Crippen LogP contribution in [-0.4, -0.2) is 42.5 Å². The summed E-state index contributed by atoms with van der Waals surface area (Å²) in [5.41, 5.74) is 2.58. The number of fused-ring (bicyclic) bond motifs is 1. The number of rotatable bonds is 6. The van der Waals surface area contributed by atoms with Gasteiger partial charge in [-0.25, -0.2) is 13.2 Å². The number of piperidine rings is 1. The lowest BCUT2D eigenvalue weighted by Crippen LogP contribution is -2.38. The van der Waals surface area contributed by atoms with Crippen molar-refractivity contribution in [2.24, 2.45) is 11.8 Å². The van der Waals surface area contributed by atoms with Crippen molar-refractivity contribution in [3.05, 3.63) is 59.4 Å². The highest BCUT2D eigenvalue weighted by Crippen LogP contribution is 2.48. The van der Waals surface area contributed by atoms with Crippen molar-refractivity contribution in [1.82, 2.24) is 15.2 Å². The zero-order chi connectivity index (χ0) is 23.8. The number of halogens is 3. The summed E-state index contributed by atoms with van der Waals surface area (Å²) in [4.78, 5) is 17.8. The monoisotopic (exact) mass is 469 g/mol. The van der Waals surface area contributed by atoms with E-state index in [-0.39, 0.29) is 23.2 Å². The number of nitrogens with one attached hydrogen (secondary N) is 2. The number of aromatic nitrogens is 1. The van der Waals surface area contributed by atoms with Crippen LogP contribution < -0.4 is 5.32 Å². The maximum absolute atomic E-state index is 14.5. The van der Waals surface area contributed by atoms with Gasteiger partial charge < -0.3 is 15.2 Å². The van der Waals surface area contributed by atoms with Gasteiger partial charge in [0.2, 0.25) is 5.91 Å². The molecular formula is C27H30F3N3O. The lowest BCUT2D eigenvalue weighted by Gasteiger charge is -2.36. The van der Waals surface area contributed by atoms with Crippen molar-refractivity contribution < 1.29 is 18.0 Å². The molecule has 180 valence electrons. The Morgan fingerprint density at radius 3 is 2.59 bits per heavy atom. The normalized spacial score (nSPS) is 23.1. The molecule has 34 heavy (non-hydrogen) atoms. The minimum absolute atomic E-state index is 0.104. The fourth-order valence-electron chi connectivity index (χ4n) is 5.68. The Hall–Kier alpha value is -2.80. The van der Waals surface area contributed by atoms with Gasteiger partial charge in [-0.15, -0.1) is 0 Å². The predicted octanol–water partition coefficient (Wildman–Crippen LogP) is 5.59. The van der Waals surface area contributed by atoms with Crippen LogP contribution in [0.3, 0.4) is 0 Å². The summed E-state index contributed by atoms with van der Waals surface area (Å²) in [6.07, 6.45) is 4.46. The largest absolute Gasteiger partial charge is 0.356 e. The predicted molar refractivity (Wildman–Crippen MR) is 127 cm³/mol. The van der Waals surface area contributed by atoms with Crippen LogP contribution in [0.15, 0.2) is 36.4 Å². The van der Waals surface area contributed by atoms with E-state index < -0.39 is 11.6 Å². The minimum Gasteiger partial charge on any atom is -0.356 e. The molecular weight excluding hydrogens is 439 g/mol. The van der Waals surface area contributed by atoms with Crippen molar-refractivity contribution in [2.45, 2.75) is 38.0 Å². The molecule has 1 unspecified atom stereocenters. The smallest absolute Gasteiger partial charge is 0.220 e. The van der Waals surface area contributed by atoms with Crippen LogP contribution in [0.2, 0.25) is 0 Å². The molecule has 2 N–H and O–H groups in total. The Bertz CT molecular complexity index is 1180. The first-order chi connectivity index (χ1) is 16.4. The molecule has 3 aromatic rings. The van der Waals surface area contributed by atoms with Gasteiger partial charge in [-0.2, -0.15) is 0 Å². The van der Waals surface area contributed by atoms with E-state index in [4.69, 9.17) is 0 Å². The van der Waals surface area contributed by atoms with Crippen molar-refractivity contribution >= 4 is 16.8 Å². The number of benzene rings is 2. The fourth-order valence-corrected chi connectivity index (χ4v) is 5.68. The lowest BCUT2D eigenvalue weighted by atomic mass is 9.70. The number of nitrogens with zero attached hydrogens (tertiary/aromatic N) is 1. The summed E-state index contributed by atoms with van der Waals surface area (Å²) >= 11 is 0. The zero-order valence-electron chi connectivity index (χ0n) is 19.3. The number of likely N-dealkylation sites (tertiary alicyclic amines) is 1. The van der Waals surface area contributed by atoms with Crippen LogP contribution in [0, 0.1) is 29.3 Å². The van der Waals surface area contributed by atoms with Gasteiger partial charge >= 0.3 is 0 Å². The highest BCUT2D eigenvalue weighted by atomic mass is 19.1. The van der Waals surface area contributed by atoms with Crippen LogP contribution >= 0.6 is 0 Å². The molecule has 0 radical (unpaired) electrons. The molecule has 1 aromatic heterocycles. The van der Waals surface area contributed by atoms with E-state index in [1.165, 1.54) is 18.2 Å². The number of aromatic amines is 1. The number of carbonyl (C=O) groups excluding carboxylic acids is 1. The molecule has 2 aliphatic rings. The van der Waals surface area contributed by atoms with Crippen LogP contribution in [0.25, 0.3) is 22.2 Å². The Morgan fingerprint density at radius 1 is 1.09 bits per heavy atom. The second-order valence-corrected chi connectivity index (χ2v) is 10.0. The molecule has 1 amide bonds. The third kappa shape index (κ3) is 4.71. The van der Waals surface area contributed by atoms with E-state index in [2.05, 4.69) is 22.2 Å². The lowest BCUT2D eigenvalue weighted by molar-refractivity contribution is -0.122. The van der Waals surface area contributed by atoms with Gasteiger partial charge in [0.15, 0.2) is 0 Å². The van der Waals surface area contributed by atoms with Gasteiger partial charge in [-0.1, -0.05) is 0 Å². The second-order valence-electron chi connectivity index (χ2n) is 10.0. The minimum atomic E-state index is -0.638. The van der Waals surface area contributed by atoms with E-state index in [0.29, 0.717) is 35.9 Å². The maximum atomic E-state index is 14.5. The summed E-state index contributed by atoms with van der Waals surface area (Å²) in [6, 6.07) is 8.27. The summed E-state index contributed by atoms with van der Waals surface area (Å²) < 4.78 is 42.1. The van der Waals surface area contributed by atoms with Crippen molar-refractivity contribution in [3.8, 4) is 11.3 Å². The van der Waals surface area contributed by atoms with Crippen LogP contribution in [0.1, 0.15) is 43.6 Å². The van der Waals surface area contributed by atoms with Crippen LogP contribution in [0.5, 0.6) is 0 Å². The number of amides is 1. The molecule has 1 saturated carbocycles. The quantitative estimate of drug-likeness (QED) is 0.494.